The molecule has 3 N–H and O–H groups in total. The molecule has 21 heavy (non-hydrogen) atoms. The van der Waals surface area contributed by atoms with E-state index in [0.717, 1.165) is 5.56 Å². The van der Waals surface area contributed by atoms with Gasteiger partial charge in [-0.2, -0.15) is 0 Å². The zero-order valence-corrected chi connectivity index (χ0v) is 11.4. The summed E-state index contributed by atoms with van der Waals surface area (Å²) in [5.41, 5.74) is 1.37. The van der Waals surface area contributed by atoms with Crippen molar-refractivity contribution in [3.8, 4) is 0 Å². The number of nitrogens with one attached hydrogen (secondary N) is 2. The molecular weight excluding hydrogens is 280 g/mol. The van der Waals surface area contributed by atoms with E-state index in [1.54, 1.807) is 25.3 Å². The van der Waals surface area contributed by atoms with E-state index in [4.69, 9.17) is 9.84 Å². The number of carboxylic acid groups (broad SMARTS) is 1. The second-order valence-corrected chi connectivity index (χ2v) is 4.02. The lowest BCUT2D eigenvalue weighted by Gasteiger charge is -2.08. The molecule has 3 amide bonds. The van der Waals surface area contributed by atoms with Crippen LogP contribution in [-0.2, 0) is 25.7 Å². The van der Waals surface area contributed by atoms with E-state index in [0.29, 0.717) is 12.3 Å². The molecule has 0 bridgehead atoms. The highest BCUT2D eigenvalue weighted by molar-refractivity contribution is 6.01. The van der Waals surface area contributed by atoms with Gasteiger partial charge in [-0.15, -0.1) is 0 Å². The second-order valence-electron chi connectivity index (χ2n) is 4.02. The van der Waals surface area contributed by atoms with Crippen LogP contribution >= 0.6 is 0 Å². The van der Waals surface area contributed by atoms with Crippen LogP contribution < -0.4 is 10.6 Å². The Hall–Kier alpha value is -2.45. The molecule has 0 aromatic heterocycles. The quantitative estimate of drug-likeness (QED) is 0.678. The first-order valence-electron chi connectivity index (χ1n) is 5.99. The number of carboxylic acids is 1. The molecule has 0 aliphatic rings. The molecule has 0 saturated carbocycles. The number of ether oxygens (including phenoxy) is 2. The molecule has 0 heterocycles. The summed E-state index contributed by atoms with van der Waals surface area (Å²) in [6.45, 7) is -0.712. The number of methoxy groups -OCH3 is 1. The molecule has 1 aromatic carbocycles. The lowest BCUT2D eigenvalue weighted by atomic mass is 10.2. The first kappa shape index (κ1) is 16.6. The summed E-state index contributed by atoms with van der Waals surface area (Å²) >= 11 is 0. The van der Waals surface area contributed by atoms with Gasteiger partial charge in [0, 0.05) is 12.8 Å². The Bertz CT molecular complexity index is 517. The lowest BCUT2D eigenvalue weighted by molar-refractivity contribution is -0.143. The monoisotopic (exact) mass is 296 g/mol. The number of urea groups is 1. The van der Waals surface area contributed by atoms with Crippen molar-refractivity contribution in [1.29, 1.82) is 0 Å². The molecule has 0 spiro atoms. The van der Waals surface area contributed by atoms with Crippen LogP contribution in [0.3, 0.4) is 0 Å². The fourth-order valence-corrected chi connectivity index (χ4v) is 1.46. The Morgan fingerprint density at radius 3 is 2.67 bits per heavy atom. The van der Waals surface area contributed by atoms with Crippen molar-refractivity contribution in [2.45, 2.75) is 6.61 Å². The van der Waals surface area contributed by atoms with Gasteiger partial charge in [0.05, 0.1) is 6.61 Å². The van der Waals surface area contributed by atoms with Crippen molar-refractivity contribution >= 4 is 23.6 Å². The summed E-state index contributed by atoms with van der Waals surface area (Å²) in [6, 6.07) is 6.20. The Kier molecular flexibility index (Phi) is 6.85. The normalized spacial score (nSPS) is 9.95. The minimum atomic E-state index is -1.19. The molecule has 0 saturated heterocycles. The van der Waals surface area contributed by atoms with Crippen LogP contribution in [0.4, 0.5) is 10.5 Å². The third kappa shape index (κ3) is 7.04. The number of hydrogen-bond donors (Lipinski definition) is 3. The van der Waals surface area contributed by atoms with Gasteiger partial charge < -0.3 is 19.9 Å². The Balaban J connectivity index is 2.40. The lowest BCUT2D eigenvalue weighted by Crippen LogP contribution is -2.37. The number of carbonyl (C=O) groups is 3. The maximum atomic E-state index is 11.5. The van der Waals surface area contributed by atoms with Crippen LogP contribution in [0.2, 0.25) is 0 Å². The van der Waals surface area contributed by atoms with Crippen molar-refractivity contribution in [3.63, 3.8) is 0 Å². The zero-order valence-electron chi connectivity index (χ0n) is 11.4. The number of anilines is 1. The largest absolute Gasteiger partial charge is 0.480 e. The SMILES string of the molecule is COCc1cccc(NC(=O)NC(=O)COCC(=O)O)c1. The molecular formula is C13H16N2O6. The highest BCUT2D eigenvalue weighted by Gasteiger charge is 2.09. The Morgan fingerprint density at radius 1 is 1.24 bits per heavy atom. The smallest absolute Gasteiger partial charge is 0.329 e. The second kappa shape index (κ2) is 8.67. The Labute approximate surface area is 121 Å². The molecule has 1 aromatic rings. The standard InChI is InChI=1S/C13H16N2O6/c1-20-6-9-3-2-4-10(5-9)14-13(19)15-11(16)7-21-8-12(17)18/h2-5H,6-8H2,1H3,(H,17,18)(H2,14,15,16,19). The highest BCUT2D eigenvalue weighted by atomic mass is 16.5. The average molecular weight is 296 g/mol. The molecule has 0 aliphatic heterocycles. The zero-order chi connectivity index (χ0) is 15.7. The molecule has 8 nitrogen and oxygen atoms in total. The maximum Gasteiger partial charge on any atom is 0.329 e. The van der Waals surface area contributed by atoms with Gasteiger partial charge in [-0.1, -0.05) is 12.1 Å². The molecule has 8 heteroatoms. The maximum absolute atomic E-state index is 11.5. The van der Waals surface area contributed by atoms with E-state index in [9.17, 15) is 14.4 Å². The third-order valence-electron chi connectivity index (χ3n) is 2.21. The third-order valence-corrected chi connectivity index (χ3v) is 2.21. The van der Waals surface area contributed by atoms with Crippen molar-refractivity contribution in [2.24, 2.45) is 0 Å². The number of carbonyl (C=O) groups excluding carboxylic acids is 2. The van der Waals surface area contributed by atoms with Gasteiger partial charge in [-0.05, 0) is 17.7 Å². The first-order chi connectivity index (χ1) is 10.0. The summed E-state index contributed by atoms with van der Waals surface area (Å²) < 4.78 is 9.52. The van der Waals surface area contributed by atoms with Crippen molar-refractivity contribution in [2.75, 3.05) is 25.6 Å². The number of rotatable bonds is 7. The summed E-state index contributed by atoms with van der Waals surface area (Å²) in [7, 11) is 1.56. The molecule has 1 rings (SSSR count). The molecule has 0 fully saturated rings. The number of benzene rings is 1. The predicted octanol–water partition coefficient (Wildman–Crippen LogP) is 0.582. The summed E-state index contributed by atoms with van der Waals surface area (Å²) in [4.78, 5) is 33.0. The average Bonchev–Trinajstić information content (AvgIpc) is 2.38. The first-order valence-corrected chi connectivity index (χ1v) is 5.99. The predicted molar refractivity (Wildman–Crippen MR) is 72.8 cm³/mol. The molecule has 0 atom stereocenters. The van der Waals surface area contributed by atoms with E-state index in [1.807, 2.05) is 11.4 Å². The van der Waals surface area contributed by atoms with E-state index in [1.165, 1.54) is 0 Å². The van der Waals surface area contributed by atoms with Crippen LogP contribution in [-0.4, -0.2) is 43.3 Å². The van der Waals surface area contributed by atoms with Crippen molar-refractivity contribution < 1.29 is 29.0 Å². The van der Waals surface area contributed by atoms with Crippen molar-refractivity contribution in [3.05, 3.63) is 29.8 Å². The van der Waals surface area contributed by atoms with Gasteiger partial charge in [0.1, 0.15) is 13.2 Å². The van der Waals surface area contributed by atoms with Gasteiger partial charge in [0.25, 0.3) is 5.91 Å². The molecule has 0 unspecified atom stereocenters. The fourth-order valence-electron chi connectivity index (χ4n) is 1.46. The van der Waals surface area contributed by atoms with Gasteiger partial charge in [0.2, 0.25) is 0 Å². The molecule has 0 aliphatic carbocycles. The number of imide groups is 1. The number of hydrogen-bond acceptors (Lipinski definition) is 5. The number of aliphatic carboxylic acids is 1. The van der Waals surface area contributed by atoms with E-state index >= 15 is 0 Å². The van der Waals surface area contributed by atoms with Gasteiger partial charge >= 0.3 is 12.0 Å². The fraction of sp³-hybridized carbons (Fsp3) is 0.308. The summed E-state index contributed by atoms with van der Waals surface area (Å²) in [5, 5.41) is 12.8. The molecule has 114 valence electrons. The van der Waals surface area contributed by atoms with Gasteiger partial charge in [-0.25, -0.2) is 9.59 Å². The van der Waals surface area contributed by atoms with E-state index in [2.05, 4.69) is 10.1 Å². The number of amides is 3. The topological polar surface area (TPSA) is 114 Å². The summed E-state index contributed by atoms with van der Waals surface area (Å²) in [5.74, 6) is -1.93. The van der Waals surface area contributed by atoms with Crippen LogP contribution in [0, 0.1) is 0 Å². The molecule has 0 radical (unpaired) electrons. The van der Waals surface area contributed by atoms with Crippen LogP contribution in [0.25, 0.3) is 0 Å². The summed E-state index contributed by atoms with van der Waals surface area (Å²) in [6.07, 6.45) is 0. The Morgan fingerprint density at radius 2 is 2.00 bits per heavy atom. The van der Waals surface area contributed by atoms with Gasteiger partial charge in [0.15, 0.2) is 0 Å². The highest BCUT2D eigenvalue weighted by Crippen LogP contribution is 2.11. The van der Waals surface area contributed by atoms with Gasteiger partial charge in [-0.3, -0.25) is 10.1 Å². The van der Waals surface area contributed by atoms with Crippen molar-refractivity contribution in [1.82, 2.24) is 5.32 Å². The minimum absolute atomic E-state index is 0.402. The minimum Gasteiger partial charge on any atom is -0.480 e. The van der Waals surface area contributed by atoms with Crippen LogP contribution in [0.15, 0.2) is 24.3 Å². The van der Waals surface area contributed by atoms with Crippen LogP contribution in [0.1, 0.15) is 5.56 Å². The van der Waals surface area contributed by atoms with Crippen LogP contribution in [0.5, 0.6) is 0 Å². The van der Waals surface area contributed by atoms with E-state index in [-0.39, 0.29) is 0 Å². The van der Waals surface area contributed by atoms with E-state index < -0.39 is 31.1 Å².